The lowest BCUT2D eigenvalue weighted by atomic mass is 10.2. The predicted molar refractivity (Wildman–Crippen MR) is 71.1 cm³/mol. The standard InChI is InChI=1S/C12H11ClN6/c1-8-5-3-4-6-10(8)19-11(13)9(7-14-19)12-15-17-18(2)16-12/h3-7H,1-2H3. The zero-order valence-electron chi connectivity index (χ0n) is 10.4. The summed E-state index contributed by atoms with van der Waals surface area (Å²) in [6.45, 7) is 2.01. The van der Waals surface area contributed by atoms with E-state index in [1.165, 1.54) is 4.80 Å². The molecule has 2 aromatic heterocycles. The number of aromatic nitrogens is 6. The molecule has 0 amide bonds. The number of hydrogen-bond donors (Lipinski definition) is 0. The number of rotatable bonds is 2. The van der Waals surface area contributed by atoms with E-state index in [1.807, 2.05) is 31.2 Å². The summed E-state index contributed by atoms with van der Waals surface area (Å²) in [5.74, 6) is 0.465. The molecule has 3 aromatic rings. The van der Waals surface area contributed by atoms with Gasteiger partial charge >= 0.3 is 0 Å². The number of aryl methyl sites for hydroxylation is 2. The van der Waals surface area contributed by atoms with E-state index in [1.54, 1.807) is 17.9 Å². The van der Waals surface area contributed by atoms with E-state index in [4.69, 9.17) is 11.6 Å². The molecule has 0 aliphatic heterocycles. The number of hydrogen-bond acceptors (Lipinski definition) is 4. The third kappa shape index (κ3) is 2.00. The Balaban J connectivity index is 2.12. The summed E-state index contributed by atoms with van der Waals surface area (Å²) in [4.78, 5) is 1.39. The fourth-order valence-corrected chi connectivity index (χ4v) is 2.11. The lowest BCUT2D eigenvalue weighted by Crippen LogP contribution is -1.98. The summed E-state index contributed by atoms with van der Waals surface area (Å²) in [6, 6.07) is 7.89. The molecule has 96 valence electrons. The smallest absolute Gasteiger partial charge is 0.209 e. The largest absolute Gasteiger partial charge is 0.221 e. The van der Waals surface area contributed by atoms with Crippen molar-refractivity contribution in [2.24, 2.45) is 7.05 Å². The zero-order chi connectivity index (χ0) is 13.4. The van der Waals surface area contributed by atoms with Crippen LogP contribution in [0.5, 0.6) is 0 Å². The quantitative estimate of drug-likeness (QED) is 0.717. The minimum atomic E-state index is 0.465. The van der Waals surface area contributed by atoms with Crippen molar-refractivity contribution in [3.63, 3.8) is 0 Å². The SMILES string of the molecule is Cc1ccccc1-n1ncc(-c2nnn(C)n2)c1Cl. The van der Waals surface area contributed by atoms with Crippen molar-refractivity contribution in [3.8, 4) is 17.1 Å². The van der Waals surface area contributed by atoms with Gasteiger partial charge in [0.15, 0.2) is 0 Å². The topological polar surface area (TPSA) is 61.4 Å². The maximum absolute atomic E-state index is 6.36. The van der Waals surface area contributed by atoms with E-state index >= 15 is 0 Å². The first-order valence-electron chi connectivity index (χ1n) is 5.70. The highest BCUT2D eigenvalue weighted by atomic mass is 35.5. The Labute approximate surface area is 114 Å². The summed E-state index contributed by atoms with van der Waals surface area (Å²) < 4.78 is 1.67. The van der Waals surface area contributed by atoms with Gasteiger partial charge in [-0.1, -0.05) is 29.8 Å². The van der Waals surface area contributed by atoms with Gasteiger partial charge in [-0.15, -0.1) is 10.2 Å². The monoisotopic (exact) mass is 274 g/mol. The molecular weight excluding hydrogens is 264 g/mol. The number of benzene rings is 1. The van der Waals surface area contributed by atoms with Gasteiger partial charge in [-0.05, 0) is 23.8 Å². The maximum atomic E-state index is 6.36. The van der Waals surface area contributed by atoms with E-state index in [0.29, 0.717) is 16.5 Å². The van der Waals surface area contributed by atoms with E-state index < -0.39 is 0 Å². The van der Waals surface area contributed by atoms with Crippen LogP contribution in [0.2, 0.25) is 5.15 Å². The van der Waals surface area contributed by atoms with Gasteiger partial charge in [0, 0.05) is 0 Å². The average molecular weight is 275 g/mol. The van der Waals surface area contributed by atoms with Crippen LogP contribution in [0.25, 0.3) is 17.1 Å². The van der Waals surface area contributed by atoms with Crippen molar-refractivity contribution < 1.29 is 0 Å². The Morgan fingerprint density at radius 1 is 1.21 bits per heavy atom. The highest BCUT2D eigenvalue weighted by Gasteiger charge is 2.16. The minimum absolute atomic E-state index is 0.465. The summed E-state index contributed by atoms with van der Waals surface area (Å²) in [5.41, 5.74) is 2.69. The van der Waals surface area contributed by atoms with Crippen molar-refractivity contribution >= 4 is 11.6 Å². The molecule has 2 heterocycles. The van der Waals surface area contributed by atoms with Crippen LogP contribution in [0.3, 0.4) is 0 Å². The van der Waals surface area contributed by atoms with Crippen LogP contribution in [0.15, 0.2) is 30.5 Å². The van der Waals surface area contributed by atoms with E-state index in [2.05, 4.69) is 20.5 Å². The molecular formula is C12H11ClN6. The fourth-order valence-electron chi connectivity index (χ4n) is 1.84. The van der Waals surface area contributed by atoms with Crippen molar-refractivity contribution in [1.82, 2.24) is 30.0 Å². The normalized spacial score (nSPS) is 10.9. The molecule has 0 radical (unpaired) electrons. The Hall–Kier alpha value is -2.21. The molecule has 0 unspecified atom stereocenters. The highest BCUT2D eigenvalue weighted by molar-refractivity contribution is 6.32. The van der Waals surface area contributed by atoms with Crippen LogP contribution in [-0.2, 0) is 7.05 Å². The molecule has 0 aliphatic rings. The summed E-state index contributed by atoms with van der Waals surface area (Å²) in [7, 11) is 1.70. The summed E-state index contributed by atoms with van der Waals surface area (Å²) >= 11 is 6.36. The minimum Gasteiger partial charge on any atom is -0.221 e. The predicted octanol–water partition coefficient (Wildman–Crippen LogP) is 2.02. The number of tetrazole rings is 1. The van der Waals surface area contributed by atoms with Crippen molar-refractivity contribution in [3.05, 3.63) is 41.2 Å². The van der Waals surface area contributed by atoms with Gasteiger partial charge in [-0.25, -0.2) is 4.68 Å². The van der Waals surface area contributed by atoms with Gasteiger partial charge in [0.2, 0.25) is 5.82 Å². The van der Waals surface area contributed by atoms with E-state index in [9.17, 15) is 0 Å². The molecule has 0 atom stereocenters. The van der Waals surface area contributed by atoms with Crippen LogP contribution >= 0.6 is 11.6 Å². The van der Waals surface area contributed by atoms with Crippen LogP contribution in [0.1, 0.15) is 5.56 Å². The molecule has 19 heavy (non-hydrogen) atoms. The average Bonchev–Trinajstić information content (AvgIpc) is 2.97. The van der Waals surface area contributed by atoms with E-state index in [-0.39, 0.29) is 0 Å². The van der Waals surface area contributed by atoms with Gasteiger partial charge in [-0.2, -0.15) is 9.90 Å². The van der Waals surface area contributed by atoms with Crippen LogP contribution in [0, 0.1) is 6.92 Å². The van der Waals surface area contributed by atoms with Gasteiger partial charge < -0.3 is 0 Å². The molecule has 3 rings (SSSR count). The zero-order valence-corrected chi connectivity index (χ0v) is 11.2. The number of halogens is 1. The Bertz CT molecular complexity index is 729. The lowest BCUT2D eigenvalue weighted by Gasteiger charge is -2.06. The molecule has 0 bridgehead atoms. The third-order valence-electron chi connectivity index (χ3n) is 2.80. The second-order valence-electron chi connectivity index (χ2n) is 4.15. The third-order valence-corrected chi connectivity index (χ3v) is 3.17. The second-order valence-corrected chi connectivity index (χ2v) is 4.51. The molecule has 0 saturated carbocycles. The number of nitrogens with zero attached hydrogens (tertiary/aromatic N) is 6. The van der Waals surface area contributed by atoms with Gasteiger partial charge in [0.1, 0.15) is 5.15 Å². The van der Waals surface area contributed by atoms with Crippen molar-refractivity contribution in [2.75, 3.05) is 0 Å². The van der Waals surface area contributed by atoms with Crippen molar-refractivity contribution in [2.45, 2.75) is 6.92 Å². The van der Waals surface area contributed by atoms with Gasteiger partial charge in [-0.3, -0.25) is 0 Å². The Morgan fingerprint density at radius 3 is 2.68 bits per heavy atom. The number of para-hydroxylation sites is 1. The van der Waals surface area contributed by atoms with Crippen LogP contribution in [0.4, 0.5) is 0 Å². The first kappa shape index (κ1) is 11.9. The molecule has 0 spiro atoms. The molecule has 0 aliphatic carbocycles. The maximum Gasteiger partial charge on any atom is 0.209 e. The lowest BCUT2D eigenvalue weighted by molar-refractivity contribution is 0.630. The molecule has 0 fully saturated rings. The Kier molecular flexibility index (Phi) is 2.79. The van der Waals surface area contributed by atoms with Crippen molar-refractivity contribution in [1.29, 1.82) is 0 Å². The first-order valence-corrected chi connectivity index (χ1v) is 6.08. The Morgan fingerprint density at radius 2 is 2.00 bits per heavy atom. The van der Waals surface area contributed by atoms with Gasteiger partial charge in [0.05, 0.1) is 24.5 Å². The fraction of sp³-hybridized carbons (Fsp3) is 0.167. The highest BCUT2D eigenvalue weighted by Crippen LogP contribution is 2.27. The van der Waals surface area contributed by atoms with Crippen LogP contribution in [-0.4, -0.2) is 30.0 Å². The summed E-state index contributed by atoms with van der Waals surface area (Å²) in [5, 5.41) is 16.6. The molecule has 0 N–H and O–H groups in total. The summed E-state index contributed by atoms with van der Waals surface area (Å²) in [6.07, 6.45) is 1.64. The first-order chi connectivity index (χ1) is 9.16. The van der Waals surface area contributed by atoms with Crippen LogP contribution < -0.4 is 0 Å². The van der Waals surface area contributed by atoms with E-state index in [0.717, 1.165) is 11.3 Å². The molecule has 1 aromatic carbocycles. The second kappa shape index (κ2) is 4.47. The molecule has 0 saturated heterocycles. The van der Waals surface area contributed by atoms with Gasteiger partial charge in [0.25, 0.3) is 0 Å². The molecule has 6 nitrogen and oxygen atoms in total. The molecule has 7 heteroatoms.